The van der Waals surface area contributed by atoms with Gasteiger partial charge in [-0.25, -0.2) is 0 Å². The minimum Gasteiger partial charge on any atom is -0.497 e. The second-order valence-electron chi connectivity index (χ2n) is 6.04. The Morgan fingerprint density at radius 2 is 1.68 bits per heavy atom. The molecular formula is C21H22N2O2. The Morgan fingerprint density at radius 1 is 1.04 bits per heavy atom. The van der Waals surface area contributed by atoms with Gasteiger partial charge in [0.25, 0.3) is 0 Å². The van der Waals surface area contributed by atoms with E-state index in [0.29, 0.717) is 6.42 Å². The van der Waals surface area contributed by atoms with Gasteiger partial charge in [-0.3, -0.25) is 4.79 Å². The van der Waals surface area contributed by atoms with Crippen LogP contribution in [0.15, 0.2) is 73.1 Å². The van der Waals surface area contributed by atoms with Crippen LogP contribution in [0.1, 0.15) is 23.6 Å². The number of aromatic nitrogens is 1. The Labute approximate surface area is 148 Å². The van der Waals surface area contributed by atoms with E-state index < -0.39 is 0 Å². The zero-order valence-electron chi connectivity index (χ0n) is 14.5. The van der Waals surface area contributed by atoms with Crippen LogP contribution in [0.3, 0.4) is 0 Å². The van der Waals surface area contributed by atoms with Crippen LogP contribution in [0.2, 0.25) is 0 Å². The quantitative estimate of drug-likeness (QED) is 0.725. The normalized spacial score (nSPS) is 11.8. The fourth-order valence-corrected chi connectivity index (χ4v) is 2.80. The van der Waals surface area contributed by atoms with E-state index in [1.807, 2.05) is 80.0 Å². The molecule has 4 heteroatoms. The van der Waals surface area contributed by atoms with Crippen molar-refractivity contribution >= 4 is 11.6 Å². The molecule has 3 aromatic rings. The van der Waals surface area contributed by atoms with Crippen molar-refractivity contribution in [1.82, 2.24) is 4.57 Å². The number of carbonyl (C=O) groups is 1. The second-order valence-corrected chi connectivity index (χ2v) is 6.04. The number of benzene rings is 2. The highest BCUT2D eigenvalue weighted by atomic mass is 16.5. The van der Waals surface area contributed by atoms with Crippen molar-refractivity contribution in [3.63, 3.8) is 0 Å². The van der Waals surface area contributed by atoms with Gasteiger partial charge in [0.05, 0.1) is 19.6 Å². The molecule has 0 saturated carbocycles. The molecule has 0 aliphatic rings. The molecule has 1 heterocycles. The van der Waals surface area contributed by atoms with Gasteiger partial charge in [0.1, 0.15) is 5.75 Å². The third kappa shape index (κ3) is 4.29. The molecule has 1 atom stereocenters. The van der Waals surface area contributed by atoms with Crippen LogP contribution in [0.4, 0.5) is 5.69 Å². The summed E-state index contributed by atoms with van der Waals surface area (Å²) in [5.74, 6) is 0.789. The van der Waals surface area contributed by atoms with Crippen LogP contribution < -0.4 is 10.1 Å². The summed E-state index contributed by atoms with van der Waals surface area (Å²) in [7, 11) is 1.65. The highest BCUT2D eigenvalue weighted by Crippen LogP contribution is 2.25. The van der Waals surface area contributed by atoms with Crippen LogP contribution in [-0.2, 0) is 4.79 Å². The lowest BCUT2D eigenvalue weighted by molar-refractivity contribution is -0.116. The van der Waals surface area contributed by atoms with Gasteiger partial charge in [0, 0.05) is 18.1 Å². The van der Waals surface area contributed by atoms with Gasteiger partial charge in [-0.15, -0.1) is 0 Å². The molecule has 0 aliphatic carbocycles. The van der Waals surface area contributed by atoms with E-state index in [2.05, 4.69) is 9.88 Å². The Bertz CT molecular complexity index is 806. The highest BCUT2D eigenvalue weighted by molar-refractivity contribution is 5.91. The average molecular weight is 334 g/mol. The van der Waals surface area contributed by atoms with Crippen molar-refractivity contribution in [2.24, 2.45) is 0 Å². The molecule has 0 fully saturated rings. The van der Waals surface area contributed by atoms with Gasteiger partial charge in [-0.05, 0) is 48.9 Å². The first-order valence-electron chi connectivity index (χ1n) is 8.28. The Kier molecular flexibility index (Phi) is 5.19. The van der Waals surface area contributed by atoms with Crippen molar-refractivity contribution in [2.75, 3.05) is 12.4 Å². The third-order valence-corrected chi connectivity index (χ3v) is 4.20. The van der Waals surface area contributed by atoms with Crippen LogP contribution in [0.25, 0.3) is 0 Å². The van der Waals surface area contributed by atoms with E-state index in [9.17, 15) is 4.79 Å². The molecule has 128 valence electrons. The van der Waals surface area contributed by atoms with Crippen molar-refractivity contribution in [1.29, 1.82) is 0 Å². The van der Waals surface area contributed by atoms with E-state index in [1.54, 1.807) is 7.11 Å². The molecule has 0 aliphatic heterocycles. The number of aryl methyl sites for hydroxylation is 1. The first kappa shape index (κ1) is 16.8. The van der Waals surface area contributed by atoms with Gasteiger partial charge >= 0.3 is 0 Å². The number of nitrogens with one attached hydrogen (secondary N) is 1. The Hall–Kier alpha value is -3.01. The van der Waals surface area contributed by atoms with Gasteiger partial charge in [-0.2, -0.15) is 0 Å². The molecule has 3 rings (SSSR count). The van der Waals surface area contributed by atoms with Gasteiger partial charge < -0.3 is 14.6 Å². The van der Waals surface area contributed by atoms with Crippen molar-refractivity contribution < 1.29 is 9.53 Å². The number of hydrogen-bond acceptors (Lipinski definition) is 2. The summed E-state index contributed by atoms with van der Waals surface area (Å²) in [6.45, 7) is 2.03. The smallest absolute Gasteiger partial charge is 0.226 e. The molecule has 0 radical (unpaired) electrons. The average Bonchev–Trinajstić information content (AvgIpc) is 3.16. The topological polar surface area (TPSA) is 43.3 Å². The van der Waals surface area contributed by atoms with Crippen LogP contribution in [-0.4, -0.2) is 17.6 Å². The number of nitrogens with zero attached hydrogens (tertiary/aromatic N) is 1. The predicted octanol–water partition coefficient (Wildman–Crippen LogP) is 4.42. The van der Waals surface area contributed by atoms with Crippen molar-refractivity contribution in [3.8, 4) is 5.75 Å². The minimum absolute atomic E-state index is 0.0154. The van der Waals surface area contributed by atoms with Crippen LogP contribution >= 0.6 is 0 Å². The SMILES string of the molecule is COc1ccc([C@@H](CC(=O)Nc2ccc(C)cc2)n2cccc2)cc1. The first-order chi connectivity index (χ1) is 12.2. The van der Waals surface area contributed by atoms with E-state index in [-0.39, 0.29) is 11.9 Å². The molecule has 1 aromatic heterocycles. The predicted molar refractivity (Wildman–Crippen MR) is 100.0 cm³/mol. The fourth-order valence-electron chi connectivity index (χ4n) is 2.80. The number of carbonyl (C=O) groups excluding carboxylic acids is 1. The molecule has 1 N–H and O–H groups in total. The number of hydrogen-bond donors (Lipinski definition) is 1. The zero-order valence-corrected chi connectivity index (χ0v) is 14.5. The van der Waals surface area contributed by atoms with Crippen molar-refractivity contribution in [3.05, 3.63) is 84.2 Å². The van der Waals surface area contributed by atoms with E-state index >= 15 is 0 Å². The lowest BCUT2D eigenvalue weighted by atomic mass is 10.0. The molecule has 0 bridgehead atoms. The largest absolute Gasteiger partial charge is 0.497 e. The zero-order chi connectivity index (χ0) is 17.6. The molecule has 0 saturated heterocycles. The van der Waals surface area contributed by atoms with Crippen LogP contribution in [0, 0.1) is 6.92 Å². The number of rotatable bonds is 6. The number of ether oxygens (including phenoxy) is 1. The maximum atomic E-state index is 12.6. The number of methoxy groups -OCH3 is 1. The maximum Gasteiger partial charge on any atom is 0.226 e. The summed E-state index contributed by atoms with van der Waals surface area (Å²) < 4.78 is 7.28. The molecule has 4 nitrogen and oxygen atoms in total. The molecular weight excluding hydrogens is 312 g/mol. The summed E-state index contributed by atoms with van der Waals surface area (Å²) in [6, 6.07) is 19.5. The van der Waals surface area contributed by atoms with Crippen molar-refractivity contribution in [2.45, 2.75) is 19.4 Å². The second kappa shape index (κ2) is 7.71. The number of amides is 1. The molecule has 2 aromatic carbocycles. The van der Waals surface area contributed by atoms with Gasteiger partial charge in [0.15, 0.2) is 0 Å². The molecule has 0 spiro atoms. The highest BCUT2D eigenvalue weighted by Gasteiger charge is 2.17. The first-order valence-corrected chi connectivity index (χ1v) is 8.28. The number of anilines is 1. The lowest BCUT2D eigenvalue weighted by Crippen LogP contribution is -2.19. The minimum atomic E-state index is -0.0636. The van der Waals surface area contributed by atoms with E-state index in [4.69, 9.17) is 4.74 Å². The fraction of sp³-hybridized carbons (Fsp3) is 0.190. The summed E-state index contributed by atoms with van der Waals surface area (Å²) in [6.07, 6.45) is 4.32. The molecule has 25 heavy (non-hydrogen) atoms. The summed E-state index contributed by atoms with van der Waals surface area (Å²) >= 11 is 0. The van der Waals surface area contributed by atoms with E-state index in [1.165, 1.54) is 5.56 Å². The van der Waals surface area contributed by atoms with Crippen LogP contribution in [0.5, 0.6) is 5.75 Å². The van der Waals surface area contributed by atoms with Gasteiger partial charge in [-0.1, -0.05) is 29.8 Å². The summed E-state index contributed by atoms with van der Waals surface area (Å²) in [5, 5.41) is 2.98. The van der Waals surface area contributed by atoms with Gasteiger partial charge in [0.2, 0.25) is 5.91 Å². The lowest BCUT2D eigenvalue weighted by Gasteiger charge is -2.19. The van der Waals surface area contributed by atoms with E-state index in [0.717, 1.165) is 17.0 Å². The summed E-state index contributed by atoms with van der Waals surface area (Å²) in [5.41, 5.74) is 3.05. The Morgan fingerprint density at radius 3 is 2.28 bits per heavy atom. The third-order valence-electron chi connectivity index (χ3n) is 4.20. The molecule has 0 unspecified atom stereocenters. The summed E-state index contributed by atoms with van der Waals surface area (Å²) in [4.78, 5) is 12.6. The molecule has 1 amide bonds. The monoisotopic (exact) mass is 334 g/mol. The standard InChI is InChI=1S/C21H22N2O2/c1-16-5-9-18(10-6-16)22-21(24)15-20(23-13-3-4-14-23)17-7-11-19(25-2)12-8-17/h3-14,20H,15H2,1-2H3,(H,22,24)/t20-/m1/s1. The Balaban J connectivity index is 1.77. The maximum absolute atomic E-state index is 12.6.